The number of amides is 3. The van der Waals surface area contributed by atoms with Crippen LogP contribution in [0.25, 0.3) is 0 Å². The molecule has 0 aromatic heterocycles. The molecule has 0 aliphatic carbocycles. The minimum absolute atomic E-state index is 0.317. The quantitative estimate of drug-likeness (QED) is 0.807. The Balaban J connectivity index is 1.61. The number of aryl methyl sites for hydroxylation is 1. The maximum absolute atomic E-state index is 12.7. The zero-order valence-corrected chi connectivity index (χ0v) is 17.7. The summed E-state index contributed by atoms with van der Waals surface area (Å²) < 4.78 is 0. The van der Waals surface area contributed by atoms with Crippen LogP contribution in [0.1, 0.15) is 16.7 Å². The van der Waals surface area contributed by atoms with Gasteiger partial charge >= 0.3 is 6.03 Å². The Bertz CT molecular complexity index is 979. The molecule has 0 saturated carbocycles. The van der Waals surface area contributed by atoms with Gasteiger partial charge in [0.2, 0.25) is 0 Å². The predicted octanol–water partition coefficient (Wildman–Crippen LogP) is 3.63. The molecule has 2 atom stereocenters. The van der Waals surface area contributed by atoms with Gasteiger partial charge in [-0.3, -0.25) is 10.1 Å². The number of likely N-dealkylation sites (N-methyl/N-ethyl adjacent to an activating group) is 1. The van der Waals surface area contributed by atoms with Crippen molar-refractivity contribution in [2.75, 3.05) is 7.05 Å². The van der Waals surface area contributed by atoms with E-state index in [1.165, 1.54) is 22.2 Å². The summed E-state index contributed by atoms with van der Waals surface area (Å²) in [6, 6.07) is 14.9. The molecule has 0 bridgehead atoms. The molecule has 1 saturated heterocycles. The van der Waals surface area contributed by atoms with E-state index in [1.54, 1.807) is 7.05 Å². The van der Waals surface area contributed by atoms with Crippen LogP contribution in [0, 0.1) is 6.92 Å². The molecule has 29 heavy (non-hydrogen) atoms. The molecular weight excluding hydrogens is 408 g/mol. The highest BCUT2D eigenvalue weighted by molar-refractivity contribution is 8.13. The number of halogens is 1. The molecule has 1 N–H and O–H groups in total. The molecule has 2 heterocycles. The van der Waals surface area contributed by atoms with Crippen LogP contribution in [0.5, 0.6) is 0 Å². The van der Waals surface area contributed by atoms with Crippen LogP contribution >= 0.6 is 23.4 Å². The van der Waals surface area contributed by atoms with E-state index in [0.717, 1.165) is 16.3 Å². The van der Waals surface area contributed by atoms with Crippen molar-refractivity contribution in [2.24, 2.45) is 4.99 Å². The topological polar surface area (TPSA) is 65.0 Å². The number of nitrogens with one attached hydrogen (secondary N) is 1. The van der Waals surface area contributed by atoms with E-state index in [1.807, 2.05) is 48.2 Å². The van der Waals surface area contributed by atoms with Crippen molar-refractivity contribution in [2.45, 2.75) is 31.4 Å². The van der Waals surface area contributed by atoms with Gasteiger partial charge in [0.25, 0.3) is 5.91 Å². The Labute approximate surface area is 178 Å². The Morgan fingerprint density at radius 3 is 2.59 bits per heavy atom. The summed E-state index contributed by atoms with van der Waals surface area (Å²) in [5, 5.41) is 3.87. The number of imide groups is 1. The molecule has 6 nitrogen and oxygen atoms in total. The third-order valence-corrected chi connectivity index (χ3v) is 6.53. The fourth-order valence-corrected chi connectivity index (χ4v) is 4.78. The van der Waals surface area contributed by atoms with Crippen LogP contribution in [0.3, 0.4) is 0 Å². The number of aliphatic imine (C=N–C) groups is 1. The lowest BCUT2D eigenvalue weighted by molar-refractivity contribution is -0.127. The number of amidine groups is 1. The van der Waals surface area contributed by atoms with Crippen molar-refractivity contribution in [1.29, 1.82) is 0 Å². The van der Waals surface area contributed by atoms with Crippen LogP contribution in [-0.4, -0.2) is 46.2 Å². The number of benzene rings is 2. The van der Waals surface area contributed by atoms with Gasteiger partial charge in [0, 0.05) is 24.4 Å². The molecule has 2 aliphatic heterocycles. The lowest BCUT2D eigenvalue weighted by atomic mass is 10.1. The number of carbonyl (C=O) groups excluding carboxylic acids is 2. The van der Waals surface area contributed by atoms with Gasteiger partial charge in [0.1, 0.15) is 0 Å². The van der Waals surface area contributed by atoms with Crippen LogP contribution < -0.4 is 5.32 Å². The molecule has 8 heteroatoms. The van der Waals surface area contributed by atoms with Gasteiger partial charge in [0.05, 0.1) is 0 Å². The third kappa shape index (κ3) is 3.97. The van der Waals surface area contributed by atoms with E-state index in [4.69, 9.17) is 16.6 Å². The van der Waals surface area contributed by atoms with E-state index in [2.05, 4.69) is 17.4 Å². The Kier molecular flexibility index (Phi) is 5.52. The van der Waals surface area contributed by atoms with Crippen molar-refractivity contribution in [3.63, 3.8) is 0 Å². The number of fused-ring (bicyclic) bond motifs is 1. The summed E-state index contributed by atoms with van der Waals surface area (Å²) in [5.41, 5.74) is 3.26. The van der Waals surface area contributed by atoms with Crippen molar-refractivity contribution < 1.29 is 9.59 Å². The lowest BCUT2D eigenvalue weighted by Crippen LogP contribution is -2.63. The van der Waals surface area contributed by atoms with E-state index < -0.39 is 18.2 Å². The van der Waals surface area contributed by atoms with Gasteiger partial charge in [-0.2, -0.15) is 0 Å². The third-order valence-electron chi connectivity index (χ3n) is 5.11. The molecule has 0 spiro atoms. The molecule has 2 aromatic rings. The molecule has 0 radical (unpaired) electrons. The minimum atomic E-state index is -0.548. The van der Waals surface area contributed by atoms with Gasteiger partial charge in [0.15, 0.2) is 17.4 Å². The first-order valence-electron chi connectivity index (χ1n) is 9.28. The van der Waals surface area contributed by atoms with Crippen molar-refractivity contribution >= 4 is 40.5 Å². The maximum Gasteiger partial charge on any atom is 0.325 e. The number of thioether (sulfide) groups is 1. The number of hydrogen-bond donors (Lipinski definition) is 1. The zero-order valence-electron chi connectivity index (χ0n) is 16.1. The summed E-state index contributed by atoms with van der Waals surface area (Å²) in [6.45, 7) is 2.57. The molecule has 3 amide bonds. The Morgan fingerprint density at radius 1 is 1.14 bits per heavy atom. The lowest BCUT2D eigenvalue weighted by Gasteiger charge is -2.36. The van der Waals surface area contributed by atoms with Gasteiger partial charge < -0.3 is 9.80 Å². The molecule has 1 fully saturated rings. The predicted molar refractivity (Wildman–Crippen MR) is 116 cm³/mol. The zero-order chi connectivity index (χ0) is 20.5. The van der Waals surface area contributed by atoms with Crippen molar-refractivity contribution in [1.82, 2.24) is 15.1 Å². The van der Waals surface area contributed by atoms with Crippen LogP contribution in [0.2, 0.25) is 5.02 Å². The standard InChI is InChI=1S/C21H21ClN4O2S/c1-13-7-9-14(10-8-13)11-26-17-18(25(2)20(28)24-19(17)27)23-21(26)29-12-15-5-3-4-6-16(15)22/h3-10,17-18H,11-12H2,1-2H3,(H,24,27,28). The summed E-state index contributed by atoms with van der Waals surface area (Å²) >= 11 is 7.82. The second kappa shape index (κ2) is 8.08. The van der Waals surface area contributed by atoms with Gasteiger partial charge in [-0.15, -0.1) is 0 Å². The maximum atomic E-state index is 12.7. The Hall–Kier alpha value is -2.51. The Morgan fingerprint density at radius 2 is 1.86 bits per heavy atom. The smallest absolute Gasteiger partial charge is 0.325 e. The van der Waals surface area contributed by atoms with Gasteiger partial charge in [-0.1, -0.05) is 71.4 Å². The highest BCUT2D eigenvalue weighted by Crippen LogP contribution is 2.32. The second-order valence-corrected chi connectivity index (χ2v) is 8.52. The number of rotatable bonds is 4. The first-order chi connectivity index (χ1) is 13.9. The van der Waals surface area contributed by atoms with Crippen molar-refractivity contribution in [3.8, 4) is 0 Å². The molecule has 2 aliphatic rings. The van der Waals surface area contributed by atoms with Crippen LogP contribution in [0.4, 0.5) is 4.79 Å². The summed E-state index contributed by atoms with van der Waals surface area (Å²) in [5.74, 6) is 0.309. The van der Waals surface area contributed by atoms with E-state index >= 15 is 0 Å². The van der Waals surface area contributed by atoms with E-state index in [0.29, 0.717) is 17.3 Å². The summed E-state index contributed by atoms with van der Waals surface area (Å²) in [4.78, 5) is 32.9. The van der Waals surface area contributed by atoms with E-state index in [-0.39, 0.29) is 5.91 Å². The molecular formula is C21H21ClN4O2S. The number of carbonyl (C=O) groups is 2. The largest absolute Gasteiger partial charge is 0.331 e. The number of nitrogens with zero attached hydrogens (tertiary/aromatic N) is 3. The summed E-state index contributed by atoms with van der Waals surface area (Å²) in [6.07, 6.45) is -0.532. The van der Waals surface area contributed by atoms with Crippen LogP contribution in [-0.2, 0) is 17.1 Å². The highest BCUT2D eigenvalue weighted by atomic mass is 35.5. The fourth-order valence-electron chi connectivity index (χ4n) is 3.43. The first-order valence-corrected chi connectivity index (χ1v) is 10.6. The second-order valence-electron chi connectivity index (χ2n) is 7.17. The average molecular weight is 429 g/mol. The minimum Gasteiger partial charge on any atom is -0.331 e. The number of hydrogen-bond acceptors (Lipinski definition) is 5. The van der Waals surface area contributed by atoms with Gasteiger partial charge in [-0.25, -0.2) is 9.79 Å². The number of urea groups is 1. The SMILES string of the molecule is Cc1ccc(CN2C(SCc3ccccc3Cl)=NC3C2C(=O)NC(=O)N3C)cc1. The van der Waals surface area contributed by atoms with Crippen molar-refractivity contribution in [3.05, 3.63) is 70.2 Å². The molecule has 4 rings (SSSR count). The monoisotopic (exact) mass is 428 g/mol. The van der Waals surface area contributed by atoms with Gasteiger partial charge in [-0.05, 0) is 24.1 Å². The normalized spacial score (nSPS) is 21.1. The first kappa shape index (κ1) is 19.8. The summed E-state index contributed by atoms with van der Waals surface area (Å²) in [7, 11) is 1.66. The molecule has 2 aromatic carbocycles. The fraction of sp³-hybridized carbons (Fsp3) is 0.286. The molecule has 150 valence electrons. The highest BCUT2D eigenvalue weighted by Gasteiger charge is 2.48. The molecule has 2 unspecified atom stereocenters. The van der Waals surface area contributed by atoms with Crippen LogP contribution in [0.15, 0.2) is 53.5 Å². The average Bonchev–Trinajstić information content (AvgIpc) is 3.06. The van der Waals surface area contributed by atoms with E-state index in [9.17, 15) is 9.59 Å².